The van der Waals surface area contributed by atoms with Gasteiger partial charge < -0.3 is 5.32 Å². The van der Waals surface area contributed by atoms with Crippen molar-refractivity contribution < 1.29 is 9.59 Å². The lowest BCUT2D eigenvalue weighted by atomic mass is 9.86. The predicted octanol–water partition coefficient (Wildman–Crippen LogP) is 3.65. The van der Waals surface area contributed by atoms with E-state index in [4.69, 9.17) is 0 Å². The Morgan fingerprint density at radius 1 is 1.15 bits per heavy atom. The molecule has 2 fully saturated rings. The predicted molar refractivity (Wildman–Crippen MR) is 78.6 cm³/mol. The van der Waals surface area contributed by atoms with Crippen LogP contribution in [-0.4, -0.2) is 11.7 Å². The molecule has 0 spiro atoms. The molecule has 0 saturated heterocycles. The van der Waals surface area contributed by atoms with Crippen LogP contribution in [-0.2, 0) is 4.79 Å². The summed E-state index contributed by atoms with van der Waals surface area (Å²) in [4.78, 5) is 23.3. The smallest absolute Gasteiger partial charge is 0.224 e. The van der Waals surface area contributed by atoms with Gasteiger partial charge in [-0.2, -0.15) is 0 Å². The number of Topliss-reactive ketones (excluding diaryl/α,β-unsaturated/α-hetero) is 1. The van der Waals surface area contributed by atoms with E-state index in [0.29, 0.717) is 17.9 Å². The van der Waals surface area contributed by atoms with Crippen molar-refractivity contribution in [2.45, 2.75) is 39.0 Å². The largest absolute Gasteiger partial charge is 0.326 e. The molecule has 2 saturated carbocycles. The van der Waals surface area contributed by atoms with Crippen molar-refractivity contribution in [2.75, 3.05) is 5.32 Å². The van der Waals surface area contributed by atoms with Gasteiger partial charge in [-0.3, -0.25) is 9.59 Å². The highest BCUT2D eigenvalue weighted by Gasteiger charge is 2.40. The van der Waals surface area contributed by atoms with Gasteiger partial charge in [-0.15, -0.1) is 0 Å². The zero-order valence-electron chi connectivity index (χ0n) is 11.9. The first-order valence-corrected chi connectivity index (χ1v) is 7.52. The summed E-state index contributed by atoms with van der Waals surface area (Å²) in [5.74, 6) is 2.41. The first kappa shape index (κ1) is 13.3. The molecule has 20 heavy (non-hydrogen) atoms. The van der Waals surface area contributed by atoms with Gasteiger partial charge in [0.25, 0.3) is 0 Å². The molecule has 1 N–H and O–H groups in total. The topological polar surface area (TPSA) is 46.2 Å². The molecule has 0 aliphatic heterocycles. The van der Waals surface area contributed by atoms with Gasteiger partial charge in [0.15, 0.2) is 5.78 Å². The lowest BCUT2D eigenvalue weighted by Crippen LogP contribution is -2.20. The highest BCUT2D eigenvalue weighted by Crippen LogP contribution is 2.49. The Labute approximate surface area is 119 Å². The molecule has 106 valence electrons. The Kier molecular flexibility index (Phi) is 3.60. The molecule has 3 nitrogen and oxygen atoms in total. The molecule has 2 aliphatic carbocycles. The number of anilines is 1. The fourth-order valence-corrected chi connectivity index (χ4v) is 3.86. The Hall–Kier alpha value is -1.64. The molecule has 0 heterocycles. The van der Waals surface area contributed by atoms with E-state index in [2.05, 4.69) is 5.32 Å². The molecule has 1 amide bonds. The van der Waals surface area contributed by atoms with Crippen molar-refractivity contribution in [1.29, 1.82) is 0 Å². The van der Waals surface area contributed by atoms with E-state index in [1.807, 2.05) is 0 Å². The third kappa shape index (κ3) is 2.77. The number of hydrogen-bond acceptors (Lipinski definition) is 2. The summed E-state index contributed by atoms with van der Waals surface area (Å²) in [7, 11) is 0. The molecular weight excluding hydrogens is 250 g/mol. The van der Waals surface area contributed by atoms with Crippen molar-refractivity contribution in [2.24, 2.45) is 17.8 Å². The number of fused-ring (bicyclic) bond motifs is 2. The monoisotopic (exact) mass is 271 g/mol. The van der Waals surface area contributed by atoms with E-state index in [9.17, 15) is 9.59 Å². The highest BCUT2D eigenvalue weighted by molar-refractivity contribution is 5.95. The average Bonchev–Trinajstić information content (AvgIpc) is 3.01. The number of carbonyl (C=O) groups excluding carboxylic acids is 2. The molecule has 1 aromatic rings. The summed E-state index contributed by atoms with van der Waals surface area (Å²) in [6.45, 7) is 1.54. The van der Waals surface area contributed by atoms with E-state index in [1.54, 1.807) is 31.2 Å². The Balaban J connectivity index is 1.55. The first-order valence-electron chi connectivity index (χ1n) is 7.52. The normalized spacial score (nSPS) is 27.6. The van der Waals surface area contributed by atoms with Crippen molar-refractivity contribution >= 4 is 17.4 Å². The van der Waals surface area contributed by atoms with Gasteiger partial charge >= 0.3 is 0 Å². The van der Waals surface area contributed by atoms with E-state index in [1.165, 1.54) is 25.7 Å². The van der Waals surface area contributed by atoms with Gasteiger partial charge in [-0.25, -0.2) is 0 Å². The minimum Gasteiger partial charge on any atom is -0.326 e. The molecule has 2 aliphatic rings. The Morgan fingerprint density at radius 2 is 1.90 bits per heavy atom. The van der Waals surface area contributed by atoms with Crippen molar-refractivity contribution in [1.82, 2.24) is 0 Å². The third-order valence-electron chi connectivity index (χ3n) is 4.91. The number of rotatable bonds is 4. The maximum Gasteiger partial charge on any atom is 0.224 e. The van der Waals surface area contributed by atoms with E-state index >= 15 is 0 Å². The van der Waals surface area contributed by atoms with E-state index in [0.717, 1.165) is 17.5 Å². The number of benzene rings is 1. The van der Waals surface area contributed by atoms with Crippen LogP contribution in [0.5, 0.6) is 0 Å². The zero-order chi connectivity index (χ0) is 14.1. The first-order chi connectivity index (χ1) is 9.61. The van der Waals surface area contributed by atoms with Crippen LogP contribution >= 0.6 is 0 Å². The van der Waals surface area contributed by atoms with Gasteiger partial charge in [-0.1, -0.05) is 6.42 Å². The second-order valence-corrected chi connectivity index (χ2v) is 6.32. The molecule has 3 heteroatoms. The van der Waals surface area contributed by atoms with Gasteiger partial charge in [0, 0.05) is 17.7 Å². The van der Waals surface area contributed by atoms with Crippen LogP contribution in [0.15, 0.2) is 24.3 Å². The van der Waals surface area contributed by atoms with Crippen molar-refractivity contribution in [3.8, 4) is 0 Å². The molecule has 0 radical (unpaired) electrons. The van der Waals surface area contributed by atoms with Crippen LogP contribution < -0.4 is 5.32 Å². The summed E-state index contributed by atoms with van der Waals surface area (Å²) < 4.78 is 0. The fraction of sp³-hybridized carbons (Fsp3) is 0.529. The summed E-state index contributed by atoms with van der Waals surface area (Å²) in [5.41, 5.74) is 1.46. The Morgan fingerprint density at radius 3 is 2.45 bits per heavy atom. The summed E-state index contributed by atoms with van der Waals surface area (Å²) in [5, 5.41) is 2.94. The lowest BCUT2D eigenvalue weighted by Gasteiger charge is -2.20. The maximum atomic E-state index is 12.1. The standard InChI is InChI=1S/C17H21NO2/c1-11(19)13-4-6-16(7-5-13)18-17(20)10-15-9-12-2-3-14(15)8-12/h4-7,12,14-15H,2-3,8-10H2,1H3,(H,18,20)/t12-,14-,15-/m0/s1. The number of amides is 1. The van der Waals surface area contributed by atoms with E-state index in [-0.39, 0.29) is 11.7 Å². The summed E-state index contributed by atoms with van der Waals surface area (Å²) in [6.07, 6.45) is 5.91. The minimum atomic E-state index is 0.0462. The van der Waals surface area contributed by atoms with Crippen LogP contribution in [0.3, 0.4) is 0 Å². The van der Waals surface area contributed by atoms with Crippen LogP contribution in [0.25, 0.3) is 0 Å². The average molecular weight is 271 g/mol. The minimum absolute atomic E-state index is 0.0462. The summed E-state index contributed by atoms with van der Waals surface area (Å²) in [6, 6.07) is 7.12. The van der Waals surface area contributed by atoms with Gasteiger partial charge in [0.1, 0.15) is 0 Å². The van der Waals surface area contributed by atoms with Crippen LogP contribution in [0.4, 0.5) is 5.69 Å². The van der Waals surface area contributed by atoms with Crippen molar-refractivity contribution in [3.63, 3.8) is 0 Å². The van der Waals surface area contributed by atoms with Crippen LogP contribution in [0.1, 0.15) is 49.4 Å². The van der Waals surface area contributed by atoms with Crippen LogP contribution in [0.2, 0.25) is 0 Å². The fourth-order valence-electron chi connectivity index (χ4n) is 3.86. The van der Waals surface area contributed by atoms with Gasteiger partial charge in [0.05, 0.1) is 0 Å². The molecule has 1 aromatic carbocycles. The molecule has 0 unspecified atom stereocenters. The van der Waals surface area contributed by atoms with Crippen molar-refractivity contribution in [3.05, 3.63) is 29.8 Å². The number of hydrogen-bond donors (Lipinski definition) is 1. The maximum absolute atomic E-state index is 12.1. The van der Waals surface area contributed by atoms with E-state index < -0.39 is 0 Å². The molecule has 3 atom stereocenters. The second-order valence-electron chi connectivity index (χ2n) is 6.32. The second kappa shape index (κ2) is 5.39. The third-order valence-corrected chi connectivity index (χ3v) is 4.91. The van der Waals surface area contributed by atoms with Crippen LogP contribution in [0, 0.1) is 17.8 Å². The number of carbonyl (C=O) groups is 2. The molecule has 2 bridgehead atoms. The molecule has 3 rings (SSSR count). The van der Waals surface area contributed by atoms with Gasteiger partial charge in [-0.05, 0) is 68.2 Å². The van der Waals surface area contributed by atoms with Gasteiger partial charge in [0.2, 0.25) is 5.91 Å². The number of nitrogens with one attached hydrogen (secondary N) is 1. The quantitative estimate of drug-likeness (QED) is 0.850. The molecule has 0 aromatic heterocycles. The lowest BCUT2D eigenvalue weighted by molar-refractivity contribution is -0.117. The summed E-state index contributed by atoms with van der Waals surface area (Å²) >= 11 is 0. The molecular formula is C17H21NO2. The highest BCUT2D eigenvalue weighted by atomic mass is 16.1. The zero-order valence-corrected chi connectivity index (χ0v) is 11.9. The number of ketones is 1. The Bertz CT molecular complexity index is 520. The SMILES string of the molecule is CC(=O)c1ccc(NC(=O)C[C@@H]2C[C@H]3CC[C@H]2C3)cc1.